The number of aryl methyl sites for hydroxylation is 1. The van der Waals surface area contributed by atoms with Crippen LogP contribution in [0, 0.1) is 13.8 Å². The molecule has 13 heavy (non-hydrogen) atoms. The molecule has 0 amide bonds. The van der Waals surface area contributed by atoms with Crippen molar-refractivity contribution in [2.45, 2.75) is 27.2 Å². The summed E-state index contributed by atoms with van der Waals surface area (Å²) in [5.74, 6) is -0.907. The van der Waals surface area contributed by atoms with Crippen LogP contribution in [-0.4, -0.2) is 16.1 Å². The molecule has 1 aromatic heterocycles. The number of aromatic nitrogens is 1. The Labute approximate surface area is 77.4 Å². The largest absolute Gasteiger partial charge is 0.478 e. The first kappa shape index (κ1) is 9.71. The van der Waals surface area contributed by atoms with E-state index in [9.17, 15) is 4.79 Å². The van der Waals surface area contributed by atoms with Crippen molar-refractivity contribution in [2.75, 3.05) is 0 Å². The van der Waals surface area contributed by atoms with Gasteiger partial charge in [0, 0.05) is 11.9 Å². The highest BCUT2D eigenvalue weighted by atomic mass is 16.4. The van der Waals surface area contributed by atoms with Crippen LogP contribution in [0.15, 0.2) is 6.20 Å². The van der Waals surface area contributed by atoms with Crippen LogP contribution >= 0.6 is 0 Å². The number of hydrogen-bond acceptors (Lipinski definition) is 2. The second kappa shape index (κ2) is 3.56. The fourth-order valence-electron chi connectivity index (χ4n) is 1.33. The molecule has 1 heterocycles. The summed E-state index contributed by atoms with van der Waals surface area (Å²) in [7, 11) is 0. The predicted molar refractivity (Wildman–Crippen MR) is 50.0 cm³/mol. The molecule has 0 aliphatic rings. The van der Waals surface area contributed by atoms with E-state index in [1.165, 1.54) is 6.20 Å². The van der Waals surface area contributed by atoms with Crippen LogP contribution < -0.4 is 0 Å². The van der Waals surface area contributed by atoms with Crippen LogP contribution in [0.3, 0.4) is 0 Å². The van der Waals surface area contributed by atoms with Gasteiger partial charge in [0.05, 0.1) is 5.56 Å². The summed E-state index contributed by atoms with van der Waals surface area (Å²) in [5.41, 5.74) is 3.08. The number of carboxylic acids is 1. The number of carboxylic acid groups (broad SMARTS) is 1. The van der Waals surface area contributed by atoms with Crippen molar-refractivity contribution >= 4 is 5.97 Å². The summed E-state index contributed by atoms with van der Waals surface area (Å²) in [4.78, 5) is 14.8. The first-order chi connectivity index (χ1) is 6.07. The molecule has 0 aliphatic carbocycles. The van der Waals surface area contributed by atoms with Crippen LogP contribution in [0.1, 0.15) is 34.1 Å². The lowest BCUT2D eigenvalue weighted by Crippen LogP contribution is -2.05. The summed E-state index contributed by atoms with van der Waals surface area (Å²) in [6.45, 7) is 5.74. The lowest BCUT2D eigenvalue weighted by atomic mass is 10.0. The van der Waals surface area contributed by atoms with Gasteiger partial charge in [0.25, 0.3) is 0 Å². The van der Waals surface area contributed by atoms with Crippen LogP contribution in [-0.2, 0) is 6.42 Å². The number of aromatic carboxylic acids is 1. The molecule has 1 N–H and O–H groups in total. The number of rotatable bonds is 2. The normalized spacial score (nSPS) is 10.1. The van der Waals surface area contributed by atoms with Gasteiger partial charge < -0.3 is 5.11 Å². The molecule has 0 saturated carbocycles. The van der Waals surface area contributed by atoms with E-state index in [4.69, 9.17) is 5.11 Å². The molecule has 1 aromatic rings. The Morgan fingerprint density at radius 2 is 2.08 bits per heavy atom. The first-order valence-corrected chi connectivity index (χ1v) is 4.26. The van der Waals surface area contributed by atoms with Crippen LogP contribution in [0.25, 0.3) is 0 Å². The zero-order valence-corrected chi connectivity index (χ0v) is 8.09. The van der Waals surface area contributed by atoms with Crippen molar-refractivity contribution in [3.63, 3.8) is 0 Å². The Bertz CT molecular complexity index is 345. The van der Waals surface area contributed by atoms with Gasteiger partial charge in [-0.25, -0.2) is 4.79 Å². The lowest BCUT2D eigenvalue weighted by molar-refractivity contribution is 0.0695. The predicted octanol–water partition coefficient (Wildman–Crippen LogP) is 1.96. The van der Waals surface area contributed by atoms with Gasteiger partial charge in [-0.1, -0.05) is 6.92 Å². The van der Waals surface area contributed by atoms with Crippen molar-refractivity contribution < 1.29 is 9.90 Å². The average Bonchev–Trinajstić information content (AvgIpc) is 2.09. The van der Waals surface area contributed by atoms with Gasteiger partial charge in [-0.15, -0.1) is 0 Å². The Morgan fingerprint density at radius 1 is 1.46 bits per heavy atom. The number of pyridine rings is 1. The van der Waals surface area contributed by atoms with Crippen molar-refractivity contribution in [3.05, 3.63) is 28.6 Å². The molecule has 0 radical (unpaired) electrons. The van der Waals surface area contributed by atoms with E-state index < -0.39 is 5.97 Å². The Morgan fingerprint density at radius 3 is 2.54 bits per heavy atom. The summed E-state index contributed by atoms with van der Waals surface area (Å²) in [6.07, 6.45) is 2.27. The third-order valence-electron chi connectivity index (χ3n) is 2.31. The number of carbonyl (C=O) groups is 1. The molecule has 1 rings (SSSR count). The fourth-order valence-corrected chi connectivity index (χ4v) is 1.33. The standard InChI is InChI=1S/C10H13NO2/c1-4-9-7(3)6(2)8(5-11-9)10(12)13/h5H,4H2,1-3H3,(H,12,13). The van der Waals surface area contributed by atoms with Gasteiger partial charge in [0.1, 0.15) is 0 Å². The summed E-state index contributed by atoms with van der Waals surface area (Å²) in [5, 5.41) is 8.81. The molecule has 0 fully saturated rings. The zero-order valence-electron chi connectivity index (χ0n) is 8.09. The van der Waals surface area contributed by atoms with E-state index in [1.807, 2.05) is 20.8 Å². The second-order valence-corrected chi connectivity index (χ2v) is 3.03. The molecule has 0 spiro atoms. The van der Waals surface area contributed by atoms with Gasteiger partial charge >= 0.3 is 5.97 Å². The van der Waals surface area contributed by atoms with E-state index in [0.29, 0.717) is 5.56 Å². The van der Waals surface area contributed by atoms with E-state index in [-0.39, 0.29) is 0 Å². The topological polar surface area (TPSA) is 50.2 Å². The van der Waals surface area contributed by atoms with E-state index >= 15 is 0 Å². The number of hydrogen-bond donors (Lipinski definition) is 1. The minimum Gasteiger partial charge on any atom is -0.478 e. The minimum atomic E-state index is -0.907. The van der Waals surface area contributed by atoms with Gasteiger partial charge in [-0.3, -0.25) is 4.98 Å². The van der Waals surface area contributed by atoms with Crippen molar-refractivity contribution in [1.29, 1.82) is 0 Å². The molecule has 0 atom stereocenters. The molecule has 0 bridgehead atoms. The third kappa shape index (κ3) is 1.69. The molecule has 70 valence electrons. The van der Waals surface area contributed by atoms with Crippen molar-refractivity contribution in [1.82, 2.24) is 4.98 Å². The maximum Gasteiger partial charge on any atom is 0.337 e. The number of nitrogens with zero attached hydrogens (tertiary/aromatic N) is 1. The van der Waals surface area contributed by atoms with Crippen LogP contribution in [0.4, 0.5) is 0 Å². The highest BCUT2D eigenvalue weighted by Gasteiger charge is 2.11. The molecular formula is C10H13NO2. The van der Waals surface area contributed by atoms with Gasteiger partial charge in [0.15, 0.2) is 0 Å². The van der Waals surface area contributed by atoms with Crippen molar-refractivity contribution in [3.8, 4) is 0 Å². The highest BCUT2D eigenvalue weighted by Crippen LogP contribution is 2.15. The van der Waals surface area contributed by atoms with Gasteiger partial charge in [0.2, 0.25) is 0 Å². The van der Waals surface area contributed by atoms with E-state index in [0.717, 1.165) is 23.2 Å². The SMILES string of the molecule is CCc1ncc(C(=O)O)c(C)c1C. The summed E-state index contributed by atoms with van der Waals surface area (Å²) in [6, 6.07) is 0. The smallest absolute Gasteiger partial charge is 0.337 e. The molecule has 3 heteroatoms. The maximum atomic E-state index is 10.7. The molecule has 0 saturated heterocycles. The molecule has 0 aliphatic heterocycles. The van der Waals surface area contributed by atoms with E-state index in [1.54, 1.807) is 0 Å². The lowest BCUT2D eigenvalue weighted by Gasteiger charge is -2.07. The molecule has 3 nitrogen and oxygen atoms in total. The highest BCUT2D eigenvalue weighted by molar-refractivity contribution is 5.89. The monoisotopic (exact) mass is 179 g/mol. The molecule has 0 aromatic carbocycles. The maximum absolute atomic E-state index is 10.7. The Hall–Kier alpha value is -1.38. The quantitative estimate of drug-likeness (QED) is 0.755. The second-order valence-electron chi connectivity index (χ2n) is 3.03. The van der Waals surface area contributed by atoms with Crippen molar-refractivity contribution in [2.24, 2.45) is 0 Å². The van der Waals surface area contributed by atoms with Gasteiger partial charge in [-0.05, 0) is 31.4 Å². The van der Waals surface area contributed by atoms with Gasteiger partial charge in [-0.2, -0.15) is 0 Å². The average molecular weight is 179 g/mol. The third-order valence-corrected chi connectivity index (χ3v) is 2.31. The summed E-state index contributed by atoms with van der Waals surface area (Å²) >= 11 is 0. The van der Waals surface area contributed by atoms with E-state index in [2.05, 4.69) is 4.98 Å². The summed E-state index contributed by atoms with van der Waals surface area (Å²) < 4.78 is 0. The van der Waals surface area contributed by atoms with Crippen LogP contribution in [0.2, 0.25) is 0 Å². The Balaban J connectivity index is 3.31. The minimum absolute atomic E-state index is 0.301. The van der Waals surface area contributed by atoms with Crippen LogP contribution in [0.5, 0.6) is 0 Å². The Kier molecular flexibility index (Phi) is 2.66. The first-order valence-electron chi connectivity index (χ1n) is 4.26. The fraction of sp³-hybridized carbons (Fsp3) is 0.400. The molecule has 0 unspecified atom stereocenters. The zero-order chi connectivity index (χ0) is 10.0. The molecular weight excluding hydrogens is 166 g/mol.